The highest BCUT2D eigenvalue weighted by molar-refractivity contribution is 5.35. The van der Waals surface area contributed by atoms with Gasteiger partial charge in [-0.05, 0) is 25.0 Å². The van der Waals surface area contributed by atoms with Crippen LogP contribution in [0.3, 0.4) is 0 Å². The number of hydrogen-bond acceptors (Lipinski definition) is 2. The van der Waals surface area contributed by atoms with Crippen LogP contribution in [0.1, 0.15) is 12.5 Å². The predicted octanol–water partition coefficient (Wildman–Crippen LogP) is 1.73. The zero-order chi connectivity index (χ0) is 11.3. The first-order chi connectivity index (χ1) is 7.15. The first kappa shape index (κ1) is 11.5. The molecule has 0 aliphatic heterocycles. The van der Waals surface area contributed by atoms with Crippen LogP contribution in [0.2, 0.25) is 0 Å². The standard InChI is InChI=1S/C12H14FNO/c1-3-7-15-12-10(8-9(2)14)5-4-6-11(12)13/h1,4-6,9H,7-8,14H2,2H3. The first-order valence-corrected chi connectivity index (χ1v) is 4.74. The van der Waals surface area contributed by atoms with E-state index in [2.05, 4.69) is 5.92 Å². The Morgan fingerprint density at radius 1 is 1.60 bits per heavy atom. The lowest BCUT2D eigenvalue weighted by molar-refractivity contribution is 0.343. The third kappa shape index (κ3) is 3.26. The minimum absolute atomic E-state index is 0.0417. The Balaban J connectivity index is 2.93. The van der Waals surface area contributed by atoms with Gasteiger partial charge in [0, 0.05) is 6.04 Å². The third-order valence-corrected chi connectivity index (χ3v) is 1.89. The van der Waals surface area contributed by atoms with Crippen LogP contribution >= 0.6 is 0 Å². The number of ether oxygens (including phenoxy) is 1. The zero-order valence-corrected chi connectivity index (χ0v) is 8.66. The second kappa shape index (κ2) is 5.38. The molecule has 0 amide bonds. The Morgan fingerprint density at radius 2 is 2.33 bits per heavy atom. The molecule has 1 unspecified atom stereocenters. The quantitative estimate of drug-likeness (QED) is 0.763. The summed E-state index contributed by atoms with van der Waals surface area (Å²) in [6.45, 7) is 1.92. The highest BCUT2D eigenvalue weighted by atomic mass is 19.1. The summed E-state index contributed by atoms with van der Waals surface area (Å²) in [5.74, 6) is 2.12. The van der Waals surface area contributed by atoms with Crippen LogP contribution in [0.25, 0.3) is 0 Å². The van der Waals surface area contributed by atoms with E-state index in [1.54, 1.807) is 12.1 Å². The Morgan fingerprint density at radius 3 is 2.93 bits per heavy atom. The van der Waals surface area contributed by atoms with Crippen LogP contribution in [-0.4, -0.2) is 12.6 Å². The highest BCUT2D eigenvalue weighted by Gasteiger charge is 2.10. The number of para-hydroxylation sites is 1. The van der Waals surface area contributed by atoms with Crippen molar-refractivity contribution in [1.82, 2.24) is 0 Å². The van der Waals surface area contributed by atoms with Crippen LogP contribution in [-0.2, 0) is 6.42 Å². The Hall–Kier alpha value is -1.53. The second-order valence-corrected chi connectivity index (χ2v) is 3.40. The van der Waals surface area contributed by atoms with E-state index in [0.29, 0.717) is 6.42 Å². The van der Waals surface area contributed by atoms with Crippen molar-refractivity contribution in [2.45, 2.75) is 19.4 Å². The SMILES string of the molecule is C#CCOc1c(F)cccc1CC(C)N. The van der Waals surface area contributed by atoms with Crippen molar-refractivity contribution in [3.8, 4) is 18.1 Å². The highest BCUT2D eigenvalue weighted by Crippen LogP contribution is 2.23. The lowest BCUT2D eigenvalue weighted by Gasteiger charge is -2.12. The van der Waals surface area contributed by atoms with Crippen molar-refractivity contribution in [2.24, 2.45) is 5.73 Å². The van der Waals surface area contributed by atoms with Gasteiger partial charge in [0.15, 0.2) is 11.6 Å². The summed E-state index contributed by atoms with van der Waals surface area (Å²) in [5.41, 5.74) is 6.40. The maximum atomic E-state index is 13.4. The molecule has 0 saturated heterocycles. The summed E-state index contributed by atoms with van der Waals surface area (Å²) >= 11 is 0. The third-order valence-electron chi connectivity index (χ3n) is 1.89. The van der Waals surface area contributed by atoms with Crippen molar-refractivity contribution in [2.75, 3.05) is 6.61 Å². The van der Waals surface area contributed by atoms with Gasteiger partial charge in [-0.3, -0.25) is 0 Å². The number of rotatable bonds is 4. The predicted molar refractivity (Wildman–Crippen MR) is 58.1 cm³/mol. The Bertz CT molecular complexity index is 368. The zero-order valence-electron chi connectivity index (χ0n) is 8.66. The van der Waals surface area contributed by atoms with Gasteiger partial charge in [-0.1, -0.05) is 18.1 Å². The van der Waals surface area contributed by atoms with Gasteiger partial charge < -0.3 is 10.5 Å². The largest absolute Gasteiger partial charge is 0.478 e. The van der Waals surface area contributed by atoms with Gasteiger partial charge in [0.2, 0.25) is 0 Å². The van der Waals surface area contributed by atoms with Crippen LogP contribution in [0.15, 0.2) is 18.2 Å². The van der Waals surface area contributed by atoms with Crippen molar-refractivity contribution < 1.29 is 9.13 Å². The number of hydrogen-bond donors (Lipinski definition) is 1. The monoisotopic (exact) mass is 207 g/mol. The molecule has 2 N–H and O–H groups in total. The van der Waals surface area contributed by atoms with E-state index in [-0.39, 0.29) is 18.4 Å². The molecule has 0 fully saturated rings. The molecule has 1 aromatic carbocycles. The van der Waals surface area contributed by atoms with Gasteiger partial charge in [-0.15, -0.1) is 6.42 Å². The van der Waals surface area contributed by atoms with E-state index in [4.69, 9.17) is 16.9 Å². The van der Waals surface area contributed by atoms with E-state index in [0.717, 1.165) is 5.56 Å². The average molecular weight is 207 g/mol. The molecule has 0 bridgehead atoms. The van der Waals surface area contributed by atoms with E-state index in [9.17, 15) is 4.39 Å². The van der Waals surface area contributed by atoms with Crippen LogP contribution in [0, 0.1) is 18.2 Å². The maximum Gasteiger partial charge on any atom is 0.165 e. The summed E-state index contributed by atoms with van der Waals surface area (Å²) < 4.78 is 18.5. The minimum Gasteiger partial charge on any atom is -0.478 e. The molecule has 0 spiro atoms. The van der Waals surface area contributed by atoms with E-state index < -0.39 is 5.82 Å². The number of nitrogens with two attached hydrogens (primary N) is 1. The van der Waals surface area contributed by atoms with Crippen molar-refractivity contribution in [1.29, 1.82) is 0 Å². The lowest BCUT2D eigenvalue weighted by atomic mass is 10.1. The molecule has 1 aromatic rings. The van der Waals surface area contributed by atoms with Gasteiger partial charge in [-0.2, -0.15) is 0 Å². The fourth-order valence-electron chi connectivity index (χ4n) is 1.34. The normalized spacial score (nSPS) is 11.9. The molecule has 1 rings (SSSR count). The summed E-state index contributed by atoms with van der Waals surface area (Å²) in [5, 5.41) is 0. The molecule has 1 atom stereocenters. The molecule has 80 valence electrons. The number of halogens is 1. The molecule has 0 heterocycles. The first-order valence-electron chi connectivity index (χ1n) is 4.74. The van der Waals surface area contributed by atoms with Gasteiger partial charge >= 0.3 is 0 Å². The second-order valence-electron chi connectivity index (χ2n) is 3.40. The molecule has 2 nitrogen and oxygen atoms in total. The van der Waals surface area contributed by atoms with Crippen LogP contribution in [0.5, 0.6) is 5.75 Å². The van der Waals surface area contributed by atoms with Crippen molar-refractivity contribution >= 4 is 0 Å². The van der Waals surface area contributed by atoms with E-state index >= 15 is 0 Å². The molecule has 0 aromatic heterocycles. The van der Waals surface area contributed by atoms with Gasteiger partial charge in [0.05, 0.1) is 0 Å². The fraction of sp³-hybridized carbons (Fsp3) is 0.333. The average Bonchev–Trinajstić information content (AvgIpc) is 2.16. The Kier molecular flexibility index (Phi) is 4.14. The van der Waals surface area contributed by atoms with Gasteiger partial charge in [-0.25, -0.2) is 4.39 Å². The Labute approximate surface area is 89.2 Å². The summed E-state index contributed by atoms with van der Waals surface area (Å²) in [6, 6.07) is 4.73. The van der Waals surface area contributed by atoms with Crippen molar-refractivity contribution in [3.05, 3.63) is 29.6 Å². The lowest BCUT2D eigenvalue weighted by Crippen LogP contribution is -2.18. The molecular weight excluding hydrogens is 193 g/mol. The van der Waals surface area contributed by atoms with E-state index in [1.165, 1.54) is 6.07 Å². The van der Waals surface area contributed by atoms with Gasteiger partial charge in [0.25, 0.3) is 0 Å². The molecule has 0 saturated carbocycles. The topological polar surface area (TPSA) is 35.2 Å². The smallest absolute Gasteiger partial charge is 0.165 e. The molecule has 0 aliphatic carbocycles. The molecule has 3 heteroatoms. The van der Waals surface area contributed by atoms with E-state index in [1.807, 2.05) is 6.92 Å². The van der Waals surface area contributed by atoms with Crippen LogP contribution in [0.4, 0.5) is 4.39 Å². The summed E-state index contributed by atoms with van der Waals surface area (Å²) in [7, 11) is 0. The molecule has 0 radical (unpaired) electrons. The maximum absolute atomic E-state index is 13.4. The minimum atomic E-state index is -0.400. The number of terminal acetylenes is 1. The molecule has 15 heavy (non-hydrogen) atoms. The van der Waals surface area contributed by atoms with Crippen LogP contribution < -0.4 is 10.5 Å². The fourth-order valence-corrected chi connectivity index (χ4v) is 1.34. The molecule has 0 aliphatic rings. The van der Waals surface area contributed by atoms with Crippen molar-refractivity contribution in [3.63, 3.8) is 0 Å². The molecular formula is C12H14FNO. The number of benzene rings is 1. The summed E-state index contributed by atoms with van der Waals surface area (Å²) in [4.78, 5) is 0. The summed E-state index contributed by atoms with van der Waals surface area (Å²) in [6.07, 6.45) is 5.62. The van der Waals surface area contributed by atoms with Gasteiger partial charge in [0.1, 0.15) is 6.61 Å².